The number of amides is 2. The molecule has 2 atom stereocenters. The number of hydrogen-bond acceptors (Lipinski definition) is 3. The van der Waals surface area contributed by atoms with Gasteiger partial charge in [0.25, 0.3) is 5.91 Å². The van der Waals surface area contributed by atoms with Gasteiger partial charge in [0.05, 0.1) is 0 Å². The Labute approximate surface area is 119 Å². The van der Waals surface area contributed by atoms with Crippen LogP contribution in [0.1, 0.15) is 37.0 Å². The largest absolute Gasteiger partial charge is 0.349 e. The van der Waals surface area contributed by atoms with Gasteiger partial charge in [-0.25, -0.2) is 0 Å². The Bertz CT molecular complexity index is 484. The fourth-order valence-electron chi connectivity index (χ4n) is 2.44. The summed E-state index contributed by atoms with van der Waals surface area (Å²) >= 11 is 0. The predicted molar refractivity (Wildman–Crippen MR) is 78.7 cm³/mol. The molecule has 1 aromatic rings. The van der Waals surface area contributed by atoms with Crippen LogP contribution in [-0.4, -0.2) is 30.4 Å². The van der Waals surface area contributed by atoms with Gasteiger partial charge in [0.2, 0.25) is 5.91 Å². The lowest BCUT2D eigenvalue weighted by atomic mass is 10.0. The Morgan fingerprint density at radius 1 is 1.25 bits per heavy atom. The van der Waals surface area contributed by atoms with Crippen molar-refractivity contribution in [2.75, 3.05) is 11.9 Å². The van der Waals surface area contributed by atoms with Crippen LogP contribution >= 0.6 is 0 Å². The molecule has 1 aromatic carbocycles. The summed E-state index contributed by atoms with van der Waals surface area (Å²) in [7, 11) is 0. The summed E-state index contributed by atoms with van der Waals surface area (Å²) in [5.41, 5.74) is 1.31. The lowest BCUT2D eigenvalue weighted by Crippen LogP contribution is -2.46. The molecule has 0 aliphatic carbocycles. The number of nitrogens with one attached hydrogen (secondary N) is 3. The molecule has 108 valence electrons. The van der Waals surface area contributed by atoms with Crippen molar-refractivity contribution in [3.8, 4) is 0 Å². The van der Waals surface area contributed by atoms with E-state index in [4.69, 9.17) is 0 Å². The van der Waals surface area contributed by atoms with Crippen molar-refractivity contribution < 1.29 is 9.59 Å². The van der Waals surface area contributed by atoms with Crippen molar-refractivity contribution in [1.82, 2.24) is 10.6 Å². The molecule has 0 spiro atoms. The zero-order valence-electron chi connectivity index (χ0n) is 11.9. The minimum absolute atomic E-state index is 0.0570. The van der Waals surface area contributed by atoms with Crippen molar-refractivity contribution in [3.05, 3.63) is 29.8 Å². The number of carbonyl (C=O) groups is 2. The van der Waals surface area contributed by atoms with E-state index in [2.05, 4.69) is 22.9 Å². The van der Waals surface area contributed by atoms with E-state index in [1.807, 2.05) is 0 Å². The van der Waals surface area contributed by atoms with Gasteiger partial charge in [-0.1, -0.05) is 0 Å². The smallest absolute Gasteiger partial charge is 0.251 e. The normalized spacial score (nSPS) is 22.1. The summed E-state index contributed by atoms with van der Waals surface area (Å²) in [5.74, 6) is -0.177. The number of rotatable bonds is 3. The maximum absolute atomic E-state index is 12.1. The van der Waals surface area contributed by atoms with Crippen LogP contribution in [0.5, 0.6) is 0 Å². The highest BCUT2D eigenvalue weighted by molar-refractivity contribution is 5.95. The van der Waals surface area contributed by atoms with Gasteiger partial charge in [-0.2, -0.15) is 0 Å². The molecule has 2 amide bonds. The van der Waals surface area contributed by atoms with Gasteiger partial charge in [-0.05, 0) is 50.6 Å². The minimum atomic E-state index is -0.120. The summed E-state index contributed by atoms with van der Waals surface area (Å²) in [6.45, 7) is 4.52. The highest BCUT2D eigenvalue weighted by atomic mass is 16.2. The van der Waals surface area contributed by atoms with Gasteiger partial charge in [-0.15, -0.1) is 0 Å². The second kappa shape index (κ2) is 6.52. The fraction of sp³-hybridized carbons (Fsp3) is 0.467. The molecule has 5 heteroatoms. The molecule has 1 heterocycles. The summed E-state index contributed by atoms with van der Waals surface area (Å²) in [5, 5.41) is 9.10. The lowest BCUT2D eigenvalue weighted by molar-refractivity contribution is -0.114. The highest BCUT2D eigenvalue weighted by Gasteiger charge is 2.20. The Morgan fingerprint density at radius 3 is 2.55 bits per heavy atom. The second-order valence-corrected chi connectivity index (χ2v) is 5.31. The Balaban J connectivity index is 1.93. The Hall–Kier alpha value is -1.88. The van der Waals surface area contributed by atoms with Crippen LogP contribution < -0.4 is 16.0 Å². The summed E-state index contributed by atoms with van der Waals surface area (Å²) in [4.78, 5) is 23.1. The molecule has 0 aromatic heterocycles. The third-order valence-electron chi connectivity index (χ3n) is 3.43. The zero-order valence-corrected chi connectivity index (χ0v) is 11.9. The second-order valence-electron chi connectivity index (χ2n) is 5.31. The minimum Gasteiger partial charge on any atom is -0.349 e. The molecule has 20 heavy (non-hydrogen) atoms. The van der Waals surface area contributed by atoms with E-state index in [1.165, 1.54) is 6.92 Å². The number of piperidine rings is 1. The van der Waals surface area contributed by atoms with Gasteiger partial charge in [0.15, 0.2) is 0 Å². The van der Waals surface area contributed by atoms with Crippen molar-refractivity contribution >= 4 is 17.5 Å². The molecule has 2 unspecified atom stereocenters. The van der Waals surface area contributed by atoms with Crippen molar-refractivity contribution in [2.45, 2.75) is 38.8 Å². The van der Waals surface area contributed by atoms with Crippen LogP contribution in [0.3, 0.4) is 0 Å². The van der Waals surface area contributed by atoms with E-state index in [0.29, 0.717) is 17.3 Å². The molecule has 0 saturated carbocycles. The molecule has 1 saturated heterocycles. The van der Waals surface area contributed by atoms with Gasteiger partial charge in [-0.3, -0.25) is 9.59 Å². The highest BCUT2D eigenvalue weighted by Crippen LogP contribution is 2.12. The first kappa shape index (κ1) is 14.5. The van der Waals surface area contributed by atoms with Crippen LogP contribution in [0.25, 0.3) is 0 Å². The third-order valence-corrected chi connectivity index (χ3v) is 3.43. The van der Waals surface area contributed by atoms with Crippen molar-refractivity contribution in [1.29, 1.82) is 0 Å². The first-order chi connectivity index (χ1) is 9.54. The van der Waals surface area contributed by atoms with Gasteiger partial charge >= 0.3 is 0 Å². The predicted octanol–water partition coefficient (Wildman–Crippen LogP) is 1.52. The van der Waals surface area contributed by atoms with Crippen LogP contribution in [0.4, 0.5) is 5.69 Å². The first-order valence-corrected chi connectivity index (χ1v) is 6.96. The lowest BCUT2D eigenvalue weighted by Gasteiger charge is -2.28. The first-order valence-electron chi connectivity index (χ1n) is 6.96. The zero-order chi connectivity index (χ0) is 14.5. The summed E-state index contributed by atoms with van der Waals surface area (Å²) in [6, 6.07) is 7.60. The number of carbonyl (C=O) groups excluding carboxylic acids is 2. The average molecular weight is 275 g/mol. The monoisotopic (exact) mass is 275 g/mol. The Morgan fingerprint density at radius 2 is 1.95 bits per heavy atom. The topological polar surface area (TPSA) is 70.2 Å². The number of benzene rings is 1. The standard InChI is InChI=1S/C15H21N3O2/c1-10-9-14(7-8-16-10)18-15(20)12-3-5-13(6-4-12)17-11(2)19/h3-6,10,14,16H,7-9H2,1-2H3,(H,17,19)(H,18,20). The summed E-state index contributed by atoms with van der Waals surface area (Å²) in [6.07, 6.45) is 1.91. The molecule has 2 rings (SSSR count). The molecule has 0 radical (unpaired) electrons. The van der Waals surface area contributed by atoms with E-state index in [9.17, 15) is 9.59 Å². The van der Waals surface area contributed by atoms with Crippen LogP contribution in [0, 0.1) is 0 Å². The maximum Gasteiger partial charge on any atom is 0.251 e. The van der Waals surface area contributed by atoms with Gasteiger partial charge in [0, 0.05) is 30.3 Å². The van der Waals surface area contributed by atoms with E-state index in [1.54, 1.807) is 24.3 Å². The third kappa shape index (κ3) is 4.06. The SMILES string of the molecule is CC(=O)Nc1ccc(C(=O)NC2CCNC(C)C2)cc1. The van der Waals surface area contributed by atoms with E-state index < -0.39 is 0 Å². The average Bonchev–Trinajstić information content (AvgIpc) is 2.38. The van der Waals surface area contributed by atoms with E-state index in [-0.39, 0.29) is 17.9 Å². The molecule has 3 N–H and O–H groups in total. The van der Waals surface area contributed by atoms with E-state index in [0.717, 1.165) is 19.4 Å². The molecule has 1 aliphatic heterocycles. The Kier molecular flexibility index (Phi) is 4.74. The summed E-state index contributed by atoms with van der Waals surface area (Å²) < 4.78 is 0. The van der Waals surface area contributed by atoms with Gasteiger partial charge < -0.3 is 16.0 Å². The number of hydrogen-bond donors (Lipinski definition) is 3. The van der Waals surface area contributed by atoms with Gasteiger partial charge in [0.1, 0.15) is 0 Å². The van der Waals surface area contributed by atoms with Crippen molar-refractivity contribution in [2.24, 2.45) is 0 Å². The quantitative estimate of drug-likeness (QED) is 0.783. The molecule has 5 nitrogen and oxygen atoms in total. The fourth-order valence-corrected chi connectivity index (χ4v) is 2.44. The van der Waals surface area contributed by atoms with Crippen LogP contribution in [-0.2, 0) is 4.79 Å². The van der Waals surface area contributed by atoms with E-state index >= 15 is 0 Å². The molecular weight excluding hydrogens is 254 g/mol. The molecule has 0 bridgehead atoms. The molecule has 1 aliphatic rings. The maximum atomic E-state index is 12.1. The molecule has 1 fully saturated rings. The van der Waals surface area contributed by atoms with Crippen molar-refractivity contribution in [3.63, 3.8) is 0 Å². The van der Waals surface area contributed by atoms with Crippen LogP contribution in [0.15, 0.2) is 24.3 Å². The molecular formula is C15H21N3O2. The number of anilines is 1. The van der Waals surface area contributed by atoms with Crippen LogP contribution in [0.2, 0.25) is 0 Å².